The summed E-state index contributed by atoms with van der Waals surface area (Å²) in [4.78, 5) is 0. The molecule has 2 rings (SSSR count). The Bertz CT molecular complexity index is 716. The van der Waals surface area contributed by atoms with Crippen LogP contribution in [0.4, 0.5) is 14.5 Å². The second-order valence-electron chi connectivity index (χ2n) is 5.54. The lowest BCUT2D eigenvalue weighted by Gasteiger charge is -2.22. The number of nitrogens with one attached hydrogen (secondary N) is 2. The zero-order chi connectivity index (χ0) is 17.0. The lowest BCUT2D eigenvalue weighted by Crippen LogP contribution is -2.32. The van der Waals surface area contributed by atoms with Crippen molar-refractivity contribution < 1.29 is 8.78 Å². The molecule has 0 saturated carbocycles. The average molecular weight is 334 g/mol. The van der Waals surface area contributed by atoms with Gasteiger partial charge >= 0.3 is 0 Å². The molecule has 2 aromatic carbocycles. The van der Waals surface area contributed by atoms with Crippen molar-refractivity contribution >= 4 is 23.0 Å². The van der Waals surface area contributed by atoms with Gasteiger partial charge in [-0.05, 0) is 55.7 Å². The molecule has 0 aliphatic carbocycles. The van der Waals surface area contributed by atoms with Crippen molar-refractivity contribution in [3.8, 4) is 0 Å². The van der Waals surface area contributed by atoms with Crippen LogP contribution in [-0.4, -0.2) is 5.11 Å². The summed E-state index contributed by atoms with van der Waals surface area (Å²) >= 11 is 5.26. The third kappa shape index (κ3) is 4.48. The SMILES string of the molecule is CC[C@H](NC(=S)Nc1ccc(F)cc1F)c1ccc(C)cc1C. The van der Waals surface area contributed by atoms with E-state index in [1.165, 1.54) is 23.3 Å². The Balaban J connectivity index is 2.10. The molecule has 122 valence electrons. The molecule has 0 bridgehead atoms. The monoisotopic (exact) mass is 334 g/mol. The van der Waals surface area contributed by atoms with Crippen LogP contribution >= 0.6 is 12.2 Å². The van der Waals surface area contributed by atoms with Crippen molar-refractivity contribution in [1.29, 1.82) is 0 Å². The number of halogens is 2. The highest BCUT2D eigenvalue weighted by Crippen LogP contribution is 2.22. The fourth-order valence-electron chi connectivity index (χ4n) is 2.52. The molecule has 2 nitrogen and oxygen atoms in total. The Morgan fingerprint density at radius 3 is 2.48 bits per heavy atom. The number of aryl methyl sites for hydroxylation is 2. The van der Waals surface area contributed by atoms with Gasteiger partial charge in [-0.15, -0.1) is 0 Å². The Morgan fingerprint density at radius 2 is 1.87 bits per heavy atom. The van der Waals surface area contributed by atoms with Crippen LogP contribution in [0.25, 0.3) is 0 Å². The van der Waals surface area contributed by atoms with Gasteiger partial charge in [-0.1, -0.05) is 30.7 Å². The summed E-state index contributed by atoms with van der Waals surface area (Å²) in [5.41, 5.74) is 3.69. The van der Waals surface area contributed by atoms with Crippen LogP contribution in [0.3, 0.4) is 0 Å². The molecule has 0 radical (unpaired) electrons. The molecule has 23 heavy (non-hydrogen) atoms. The maximum atomic E-state index is 13.7. The predicted molar refractivity (Wildman–Crippen MR) is 94.7 cm³/mol. The predicted octanol–water partition coefficient (Wildman–Crippen LogP) is 5.02. The highest BCUT2D eigenvalue weighted by Gasteiger charge is 2.14. The molecule has 0 heterocycles. The molecule has 2 aromatic rings. The Hall–Kier alpha value is -2.01. The van der Waals surface area contributed by atoms with Gasteiger partial charge in [-0.3, -0.25) is 0 Å². The summed E-state index contributed by atoms with van der Waals surface area (Å²) in [6, 6.07) is 9.63. The van der Waals surface area contributed by atoms with E-state index in [1.807, 2.05) is 0 Å². The summed E-state index contributed by atoms with van der Waals surface area (Å²) in [6.07, 6.45) is 0.831. The second-order valence-corrected chi connectivity index (χ2v) is 5.95. The standard InChI is InChI=1S/C18H20F2N2S/c1-4-16(14-7-5-11(2)9-12(14)3)21-18(23)22-17-8-6-13(19)10-15(17)20/h5-10,16H,4H2,1-3H3,(H2,21,22,23)/t16-/m0/s1. The number of hydrogen-bond donors (Lipinski definition) is 2. The van der Waals surface area contributed by atoms with Crippen molar-refractivity contribution in [3.05, 3.63) is 64.7 Å². The number of rotatable bonds is 4. The van der Waals surface area contributed by atoms with Gasteiger partial charge in [0.1, 0.15) is 11.6 Å². The van der Waals surface area contributed by atoms with Gasteiger partial charge in [-0.2, -0.15) is 0 Å². The van der Waals surface area contributed by atoms with Crippen molar-refractivity contribution in [1.82, 2.24) is 5.32 Å². The summed E-state index contributed by atoms with van der Waals surface area (Å²) in [5.74, 6) is -1.29. The fraction of sp³-hybridized carbons (Fsp3) is 0.278. The van der Waals surface area contributed by atoms with Crippen LogP contribution in [0, 0.1) is 25.5 Å². The molecule has 5 heteroatoms. The van der Waals surface area contributed by atoms with Crippen molar-refractivity contribution in [2.75, 3.05) is 5.32 Å². The minimum atomic E-state index is -0.672. The van der Waals surface area contributed by atoms with E-state index < -0.39 is 11.6 Å². The van der Waals surface area contributed by atoms with Crippen LogP contribution < -0.4 is 10.6 Å². The first kappa shape index (κ1) is 17.3. The molecular formula is C18H20F2N2S. The maximum absolute atomic E-state index is 13.7. The van der Waals surface area contributed by atoms with Gasteiger partial charge in [-0.25, -0.2) is 8.78 Å². The second kappa shape index (κ2) is 7.51. The van der Waals surface area contributed by atoms with Gasteiger partial charge in [0.05, 0.1) is 11.7 Å². The van der Waals surface area contributed by atoms with E-state index >= 15 is 0 Å². The van der Waals surface area contributed by atoms with Crippen molar-refractivity contribution in [2.45, 2.75) is 33.2 Å². The van der Waals surface area contributed by atoms with Crippen LogP contribution in [0.15, 0.2) is 36.4 Å². The highest BCUT2D eigenvalue weighted by molar-refractivity contribution is 7.80. The molecule has 0 aliphatic heterocycles. The van der Waals surface area contributed by atoms with Crippen molar-refractivity contribution in [2.24, 2.45) is 0 Å². The first-order chi connectivity index (χ1) is 10.9. The van der Waals surface area contributed by atoms with E-state index in [4.69, 9.17) is 12.2 Å². The molecule has 0 aliphatic rings. The molecule has 0 aromatic heterocycles. The highest BCUT2D eigenvalue weighted by atomic mass is 32.1. The third-order valence-electron chi connectivity index (χ3n) is 3.69. The van der Waals surface area contributed by atoms with E-state index in [0.717, 1.165) is 18.1 Å². The third-order valence-corrected chi connectivity index (χ3v) is 3.91. The fourth-order valence-corrected chi connectivity index (χ4v) is 2.78. The maximum Gasteiger partial charge on any atom is 0.171 e. The summed E-state index contributed by atoms with van der Waals surface area (Å²) in [6.45, 7) is 6.16. The first-order valence-corrected chi connectivity index (χ1v) is 7.91. The van der Waals surface area contributed by atoms with E-state index in [1.54, 1.807) is 0 Å². The quantitative estimate of drug-likeness (QED) is 0.768. The molecule has 0 unspecified atom stereocenters. The Kier molecular flexibility index (Phi) is 5.66. The average Bonchev–Trinajstić information content (AvgIpc) is 2.48. The number of hydrogen-bond acceptors (Lipinski definition) is 1. The summed E-state index contributed by atoms with van der Waals surface area (Å²) in [5, 5.41) is 6.28. The summed E-state index contributed by atoms with van der Waals surface area (Å²) in [7, 11) is 0. The van der Waals surface area contributed by atoms with E-state index in [0.29, 0.717) is 5.11 Å². The first-order valence-electron chi connectivity index (χ1n) is 7.50. The molecule has 1 atom stereocenters. The minimum Gasteiger partial charge on any atom is -0.356 e. The largest absolute Gasteiger partial charge is 0.356 e. The van der Waals surface area contributed by atoms with E-state index in [-0.39, 0.29) is 11.7 Å². The molecule has 0 fully saturated rings. The van der Waals surface area contributed by atoms with Crippen LogP contribution in [0.1, 0.15) is 36.1 Å². The zero-order valence-corrected chi connectivity index (χ0v) is 14.2. The molecular weight excluding hydrogens is 314 g/mol. The zero-order valence-electron chi connectivity index (χ0n) is 13.4. The van der Waals surface area contributed by atoms with Gasteiger partial charge in [0.25, 0.3) is 0 Å². The van der Waals surface area contributed by atoms with Gasteiger partial charge < -0.3 is 10.6 Å². The van der Waals surface area contributed by atoms with Crippen LogP contribution in [0.2, 0.25) is 0 Å². The molecule has 0 amide bonds. The van der Waals surface area contributed by atoms with Gasteiger partial charge in [0.2, 0.25) is 0 Å². The topological polar surface area (TPSA) is 24.1 Å². The minimum absolute atomic E-state index is 0.0270. The van der Waals surface area contributed by atoms with Crippen molar-refractivity contribution in [3.63, 3.8) is 0 Å². The number of anilines is 1. The lowest BCUT2D eigenvalue weighted by atomic mass is 9.98. The smallest absolute Gasteiger partial charge is 0.171 e. The molecule has 0 spiro atoms. The van der Waals surface area contributed by atoms with E-state index in [2.05, 4.69) is 49.6 Å². The van der Waals surface area contributed by atoms with Crippen LogP contribution in [0.5, 0.6) is 0 Å². The lowest BCUT2D eigenvalue weighted by molar-refractivity contribution is 0.585. The Morgan fingerprint density at radius 1 is 1.13 bits per heavy atom. The molecule has 2 N–H and O–H groups in total. The van der Waals surface area contributed by atoms with Crippen LogP contribution in [-0.2, 0) is 0 Å². The van der Waals surface area contributed by atoms with E-state index in [9.17, 15) is 8.78 Å². The number of benzene rings is 2. The normalized spacial score (nSPS) is 11.9. The Labute approximate surface area is 140 Å². The molecule has 0 saturated heterocycles. The van der Waals surface area contributed by atoms with Gasteiger partial charge in [0.15, 0.2) is 5.11 Å². The van der Waals surface area contributed by atoms with Gasteiger partial charge in [0, 0.05) is 6.07 Å². The number of thiocarbonyl (C=S) groups is 1. The summed E-state index contributed by atoms with van der Waals surface area (Å²) < 4.78 is 26.6.